The van der Waals surface area contributed by atoms with Crippen molar-refractivity contribution in [1.82, 2.24) is 4.90 Å². The maximum absolute atomic E-state index is 9.81. The van der Waals surface area contributed by atoms with Crippen molar-refractivity contribution in [3.05, 3.63) is 28.8 Å². The van der Waals surface area contributed by atoms with E-state index in [0.29, 0.717) is 5.75 Å². The summed E-state index contributed by atoms with van der Waals surface area (Å²) in [7, 11) is 0. The highest BCUT2D eigenvalue weighted by molar-refractivity contribution is 5.42. The van der Waals surface area contributed by atoms with Gasteiger partial charge in [-0.15, -0.1) is 0 Å². The van der Waals surface area contributed by atoms with Crippen LogP contribution in [-0.2, 0) is 6.54 Å². The zero-order chi connectivity index (χ0) is 12.7. The van der Waals surface area contributed by atoms with Crippen molar-refractivity contribution in [3.63, 3.8) is 0 Å². The lowest BCUT2D eigenvalue weighted by molar-refractivity contribution is 0.303. The highest BCUT2D eigenvalue weighted by Crippen LogP contribution is 2.38. The molecule has 2 heteroatoms. The highest BCUT2D eigenvalue weighted by atomic mass is 16.3. The number of likely N-dealkylation sites (tertiary alicyclic amines) is 1. The van der Waals surface area contributed by atoms with Gasteiger partial charge >= 0.3 is 0 Å². The van der Waals surface area contributed by atoms with Crippen LogP contribution < -0.4 is 0 Å². The Balaban J connectivity index is 1.70. The van der Waals surface area contributed by atoms with E-state index < -0.39 is 0 Å². The number of nitrogens with zero attached hydrogens (tertiary/aromatic N) is 1. The van der Waals surface area contributed by atoms with E-state index in [1.54, 1.807) is 0 Å². The van der Waals surface area contributed by atoms with E-state index >= 15 is 0 Å². The Hall–Kier alpha value is -1.02. The largest absolute Gasteiger partial charge is 0.507 e. The standard InChI is InChI=1S/C16H23NO/c1-11-6-13(7-12(2)16(11)18)8-17-9-14-4-3-5-15(14)10-17/h6-7,14-15,18H,3-5,8-10H2,1-2H3. The van der Waals surface area contributed by atoms with Crippen molar-refractivity contribution in [2.24, 2.45) is 11.8 Å². The van der Waals surface area contributed by atoms with Gasteiger partial charge in [-0.05, 0) is 55.2 Å². The molecule has 0 bridgehead atoms. The molecule has 1 aromatic carbocycles. The van der Waals surface area contributed by atoms with Crippen molar-refractivity contribution in [3.8, 4) is 5.75 Å². The van der Waals surface area contributed by atoms with E-state index in [-0.39, 0.29) is 0 Å². The number of aryl methyl sites for hydroxylation is 2. The van der Waals surface area contributed by atoms with E-state index in [0.717, 1.165) is 29.5 Å². The Bertz CT molecular complexity index is 419. The molecule has 1 N–H and O–H groups in total. The molecule has 2 atom stereocenters. The SMILES string of the molecule is Cc1cc(CN2CC3CCCC3C2)cc(C)c1O. The number of hydrogen-bond acceptors (Lipinski definition) is 2. The van der Waals surface area contributed by atoms with E-state index in [2.05, 4.69) is 17.0 Å². The molecule has 2 nitrogen and oxygen atoms in total. The summed E-state index contributed by atoms with van der Waals surface area (Å²) in [6.07, 6.45) is 4.32. The molecule has 2 unspecified atom stereocenters. The summed E-state index contributed by atoms with van der Waals surface area (Å²) in [5.74, 6) is 2.38. The van der Waals surface area contributed by atoms with Gasteiger partial charge in [0.25, 0.3) is 0 Å². The lowest BCUT2D eigenvalue weighted by Crippen LogP contribution is -2.21. The first kappa shape index (κ1) is 12.0. The van der Waals surface area contributed by atoms with E-state index in [9.17, 15) is 5.11 Å². The summed E-state index contributed by atoms with van der Waals surface area (Å²) in [6, 6.07) is 4.27. The average Bonchev–Trinajstić information content (AvgIpc) is 2.86. The lowest BCUT2D eigenvalue weighted by Gasteiger charge is -2.18. The Morgan fingerprint density at radius 3 is 2.22 bits per heavy atom. The van der Waals surface area contributed by atoms with Crippen molar-refractivity contribution in [1.29, 1.82) is 0 Å². The zero-order valence-electron chi connectivity index (χ0n) is 11.4. The third kappa shape index (κ3) is 2.14. The molecule has 0 spiro atoms. The van der Waals surface area contributed by atoms with Crippen LogP contribution in [0.5, 0.6) is 5.75 Å². The van der Waals surface area contributed by atoms with Crippen molar-refractivity contribution in [2.75, 3.05) is 13.1 Å². The van der Waals surface area contributed by atoms with Crippen LogP contribution >= 0.6 is 0 Å². The fourth-order valence-electron chi connectivity index (χ4n) is 3.86. The van der Waals surface area contributed by atoms with Crippen LogP contribution in [0, 0.1) is 25.7 Å². The molecule has 1 aromatic rings. The van der Waals surface area contributed by atoms with Gasteiger partial charge in [0.1, 0.15) is 5.75 Å². The summed E-state index contributed by atoms with van der Waals surface area (Å²) >= 11 is 0. The predicted octanol–water partition coefficient (Wildman–Crippen LogP) is 3.24. The maximum Gasteiger partial charge on any atom is 0.121 e. The van der Waals surface area contributed by atoms with Crippen LogP contribution in [0.25, 0.3) is 0 Å². The first-order chi connectivity index (χ1) is 8.63. The molecule has 2 aliphatic rings. The summed E-state index contributed by atoms with van der Waals surface area (Å²) in [4.78, 5) is 2.60. The van der Waals surface area contributed by atoms with Gasteiger partial charge in [-0.2, -0.15) is 0 Å². The Morgan fingerprint density at radius 2 is 1.67 bits per heavy atom. The van der Waals surface area contributed by atoms with Crippen molar-refractivity contribution >= 4 is 0 Å². The van der Waals surface area contributed by atoms with Crippen LogP contribution in [0.1, 0.15) is 36.0 Å². The molecule has 0 aromatic heterocycles. The van der Waals surface area contributed by atoms with E-state index in [1.165, 1.54) is 37.9 Å². The number of phenolic OH excluding ortho intramolecular Hbond substituents is 1. The molecule has 1 aliphatic heterocycles. The second-order valence-corrected chi connectivity index (χ2v) is 6.22. The number of fused-ring (bicyclic) bond motifs is 1. The molecule has 98 valence electrons. The number of aromatic hydroxyl groups is 1. The molecule has 1 aliphatic carbocycles. The smallest absolute Gasteiger partial charge is 0.121 e. The van der Waals surface area contributed by atoms with Crippen LogP contribution in [-0.4, -0.2) is 23.1 Å². The minimum absolute atomic E-state index is 0.456. The summed E-state index contributed by atoms with van der Waals surface area (Å²) < 4.78 is 0. The molecule has 1 saturated carbocycles. The van der Waals surface area contributed by atoms with E-state index in [4.69, 9.17) is 0 Å². The summed E-state index contributed by atoms with van der Waals surface area (Å²) in [5, 5.41) is 9.81. The molecule has 0 radical (unpaired) electrons. The predicted molar refractivity (Wildman–Crippen MR) is 73.7 cm³/mol. The van der Waals surface area contributed by atoms with Crippen molar-refractivity contribution in [2.45, 2.75) is 39.7 Å². The minimum atomic E-state index is 0.456. The average molecular weight is 245 g/mol. The number of benzene rings is 1. The fraction of sp³-hybridized carbons (Fsp3) is 0.625. The van der Waals surface area contributed by atoms with Crippen LogP contribution in [0.3, 0.4) is 0 Å². The number of rotatable bonds is 2. The molecule has 1 saturated heterocycles. The third-order valence-electron chi connectivity index (χ3n) is 4.76. The molecular formula is C16H23NO. The number of hydrogen-bond donors (Lipinski definition) is 1. The molecule has 18 heavy (non-hydrogen) atoms. The summed E-state index contributed by atoms with van der Waals surface area (Å²) in [6.45, 7) is 7.59. The molecule has 3 rings (SSSR count). The van der Waals surface area contributed by atoms with Gasteiger partial charge in [0.05, 0.1) is 0 Å². The zero-order valence-corrected chi connectivity index (χ0v) is 11.4. The Labute approximate surface area is 110 Å². The van der Waals surface area contributed by atoms with Gasteiger partial charge in [-0.25, -0.2) is 0 Å². The summed E-state index contributed by atoms with van der Waals surface area (Å²) in [5.41, 5.74) is 3.36. The Kier molecular flexibility index (Phi) is 3.06. The first-order valence-corrected chi connectivity index (χ1v) is 7.15. The normalized spacial score (nSPS) is 27.7. The fourth-order valence-corrected chi connectivity index (χ4v) is 3.86. The van der Waals surface area contributed by atoms with Gasteiger partial charge in [0.2, 0.25) is 0 Å². The number of phenols is 1. The van der Waals surface area contributed by atoms with Gasteiger partial charge in [0, 0.05) is 19.6 Å². The van der Waals surface area contributed by atoms with E-state index in [1.807, 2.05) is 13.8 Å². The van der Waals surface area contributed by atoms with Gasteiger partial charge < -0.3 is 5.11 Å². The monoisotopic (exact) mass is 245 g/mol. The third-order valence-corrected chi connectivity index (χ3v) is 4.76. The highest BCUT2D eigenvalue weighted by Gasteiger charge is 2.35. The lowest BCUT2D eigenvalue weighted by atomic mass is 10.0. The second kappa shape index (κ2) is 4.58. The molecule has 1 heterocycles. The molecule has 0 amide bonds. The van der Waals surface area contributed by atoms with Crippen LogP contribution in [0.2, 0.25) is 0 Å². The topological polar surface area (TPSA) is 23.5 Å². The minimum Gasteiger partial charge on any atom is -0.507 e. The van der Waals surface area contributed by atoms with Gasteiger partial charge in [-0.1, -0.05) is 18.6 Å². The van der Waals surface area contributed by atoms with Crippen LogP contribution in [0.15, 0.2) is 12.1 Å². The molecule has 2 fully saturated rings. The quantitative estimate of drug-likeness (QED) is 0.864. The molecular weight excluding hydrogens is 222 g/mol. The first-order valence-electron chi connectivity index (χ1n) is 7.15. The van der Waals surface area contributed by atoms with Crippen molar-refractivity contribution < 1.29 is 5.11 Å². The van der Waals surface area contributed by atoms with Gasteiger partial charge in [-0.3, -0.25) is 4.90 Å². The van der Waals surface area contributed by atoms with Crippen LogP contribution in [0.4, 0.5) is 0 Å². The van der Waals surface area contributed by atoms with Gasteiger partial charge in [0.15, 0.2) is 0 Å². The Morgan fingerprint density at radius 1 is 1.11 bits per heavy atom. The maximum atomic E-state index is 9.81. The second-order valence-electron chi connectivity index (χ2n) is 6.22.